The molecule has 0 fully saturated rings. The number of hydrogen-bond acceptors (Lipinski definition) is 4. The van der Waals surface area contributed by atoms with Crippen LogP contribution in [0.15, 0.2) is 170 Å². The van der Waals surface area contributed by atoms with Crippen molar-refractivity contribution < 1.29 is 19.8 Å². The lowest BCUT2D eigenvalue weighted by Gasteiger charge is -2.26. The third-order valence-electron chi connectivity index (χ3n) is 9.35. The lowest BCUT2D eigenvalue weighted by atomic mass is 9.84. The molecule has 0 unspecified atom stereocenters. The number of hydrogen-bond donors (Lipinski definition) is 4. The van der Waals surface area contributed by atoms with Crippen LogP contribution in [0.2, 0.25) is 0 Å². The minimum atomic E-state index is -1.00. The van der Waals surface area contributed by atoms with Gasteiger partial charge in [0.15, 0.2) is 0 Å². The van der Waals surface area contributed by atoms with E-state index in [2.05, 4.69) is 95.6 Å². The quantitative estimate of drug-likeness (QED) is 0.121. The first-order valence-corrected chi connectivity index (χ1v) is 16.9. The van der Waals surface area contributed by atoms with Gasteiger partial charge in [0.25, 0.3) is 0 Å². The monoisotopic (exact) mass is 676 g/mol. The van der Waals surface area contributed by atoms with Crippen LogP contribution in [0.1, 0.15) is 20.7 Å². The van der Waals surface area contributed by atoms with Crippen LogP contribution in [0.3, 0.4) is 0 Å². The molecule has 0 aliphatic carbocycles. The van der Waals surface area contributed by atoms with Crippen molar-refractivity contribution in [2.45, 2.75) is 0 Å². The fourth-order valence-corrected chi connectivity index (χ4v) is 6.86. The van der Waals surface area contributed by atoms with Crippen molar-refractivity contribution >= 4 is 56.2 Å². The molecule has 8 aromatic rings. The van der Waals surface area contributed by atoms with Crippen LogP contribution >= 0.6 is 0 Å². The molecule has 0 bridgehead atoms. The van der Waals surface area contributed by atoms with Crippen molar-refractivity contribution in [3.63, 3.8) is 0 Å². The molecule has 0 saturated heterocycles. The van der Waals surface area contributed by atoms with Crippen molar-refractivity contribution in [1.29, 1.82) is 0 Å². The number of fused-ring (bicyclic) bond motifs is 2. The van der Waals surface area contributed by atoms with E-state index >= 15 is 0 Å². The maximum atomic E-state index is 11.8. The Labute approximate surface area is 300 Å². The smallest absolute Gasteiger partial charge is 0.335 e. The summed E-state index contributed by atoms with van der Waals surface area (Å²) in [6.07, 6.45) is 0. The first kappa shape index (κ1) is 32.0. The van der Waals surface area contributed by atoms with Gasteiger partial charge in [-0.3, -0.25) is 0 Å². The molecule has 8 rings (SSSR count). The van der Waals surface area contributed by atoms with Crippen molar-refractivity contribution in [1.82, 2.24) is 0 Å². The number of benzene rings is 8. The summed E-state index contributed by atoms with van der Waals surface area (Å²) < 4.78 is 0. The molecule has 0 atom stereocenters. The molecule has 8 aromatic carbocycles. The lowest BCUT2D eigenvalue weighted by molar-refractivity contribution is 0.0686. The van der Waals surface area contributed by atoms with E-state index in [-0.39, 0.29) is 11.1 Å². The molecular formula is C46H32N2O4. The minimum Gasteiger partial charge on any atom is -0.478 e. The molecular weight excluding hydrogens is 645 g/mol. The van der Waals surface area contributed by atoms with E-state index < -0.39 is 11.9 Å². The SMILES string of the molecule is O=C(O)c1ccc(Nc2c(-c3ccccc3)cc(-c3cccc4ccccc34)c(-c3cccc4ccccc34)c2Nc2ccc(C(=O)O)cc2)cc1. The Balaban J connectivity index is 1.51. The summed E-state index contributed by atoms with van der Waals surface area (Å²) >= 11 is 0. The summed E-state index contributed by atoms with van der Waals surface area (Å²) in [7, 11) is 0. The zero-order valence-corrected chi connectivity index (χ0v) is 27.9. The van der Waals surface area contributed by atoms with Gasteiger partial charge >= 0.3 is 11.9 Å². The summed E-state index contributed by atoms with van der Waals surface area (Å²) in [5.74, 6) is -2.00. The highest BCUT2D eigenvalue weighted by Crippen LogP contribution is 2.51. The van der Waals surface area contributed by atoms with Crippen LogP contribution in [0, 0.1) is 0 Å². The van der Waals surface area contributed by atoms with Gasteiger partial charge < -0.3 is 20.8 Å². The standard InChI is InChI=1S/C46H32N2O4/c49-45(50)32-20-24-34(25-21-32)47-43-40(31-10-2-1-3-11-31)28-41(38-18-8-14-29-12-4-6-16-36(29)38)42(39-19-9-15-30-13-5-7-17-37(30)39)44(43)48-35-26-22-33(23-27-35)46(51)52/h1-28,47-48H,(H,49,50)(H,51,52). The number of rotatable bonds is 9. The Morgan fingerprint density at radius 3 is 1.42 bits per heavy atom. The van der Waals surface area contributed by atoms with Crippen LogP contribution in [0.5, 0.6) is 0 Å². The van der Waals surface area contributed by atoms with Gasteiger partial charge in [-0.05, 0) is 98.4 Å². The maximum absolute atomic E-state index is 11.8. The van der Waals surface area contributed by atoms with Gasteiger partial charge in [0, 0.05) is 22.5 Å². The van der Waals surface area contributed by atoms with Gasteiger partial charge in [0.1, 0.15) is 0 Å². The number of carbonyl (C=O) groups is 2. The Morgan fingerprint density at radius 2 is 0.865 bits per heavy atom. The van der Waals surface area contributed by atoms with E-state index in [9.17, 15) is 19.8 Å². The predicted molar refractivity (Wildman–Crippen MR) is 211 cm³/mol. The Bertz CT molecular complexity index is 2600. The van der Waals surface area contributed by atoms with Gasteiger partial charge in [0.05, 0.1) is 22.5 Å². The van der Waals surface area contributed by atoms with Gasteiger partial charge in [-0.2, -0.15) is 0 Å². The third kappa shape index (κ3) is 6.10. The normalized spacial score (nSPS) is 11.0. The second kappa shape index (κ2) is 13.6. The Kier molecular flexibility index (Phi) is 8.39. The first-order valence-electron chi connectivity index (χ1n) is 16.9. The minimum absolute atomic E-state index is 0.186. The highest BCUT2D eigenvalue weighted by molar-refractivity contribution is 6.13. The average Bonchev–Trinajstić information content (AvgIpc) is 3.18. The number of carboxylic acids is 2. The molecule has 0 spiro atoms. The molecule has 52 heavy (non-hydrogen) atoms. The number of aromatic carboxylic acids is 2. The maximum Gasteiger partial charge on any atom is 0.335 e. The first-order chi connectivity index (χ1) is 25.4. The van der Waals surface area contributed by atoms with E-state index in [1.54, 1.807) is 48.5 Å². The summed E-state index contributed by atoms with van der Waals surface area (Å²) in [6.45, 7) is 0. The van der Waals surface area contributed by atoms with Crippen LogP contribution in [-0.4, -0.2) is 22.2 Å². The third-order valence-corrected chi connectivity index (χ3v) is 9.35. The molecule has 0 amide bonds. The second-order valence-electron chi connectivity index (χ2n) is 12.5. The Morgan fingerprint density at radius 1 is 0.404 bits per heavy atom. The van der Waals surface area contributed by atoms with Crippen molar-refractivity contribution in [3.05, 3.63) is 181 Å². The van der Waals surface area contributed by atoms with E-state index in [1.807, 2.05) is 36.4 Å². The van der Waals surface area contributed by atoms with Gasteiger partial charge in [-0.25, -0.2) is 9.59 Å². The van der Waals surface area contributed by atoms with Gasteiger partial charge in [-0.15, -0.1) is 0 Å². The van der Waals surface area contributed by atoms with Crippen LogP contribution in [0.25, 0.3) is 54.9 Å². The molecule has 0 saturated carbocycles. The fourth-order valence-electron chi connectivity index (χ4n) is 6.86. The molecule has 0 heterocycles. The highest BCUT2D eigenvalue weighted by Gasteiger charge is 2.24. The lowest BCUT2D eigenvalue weighted by Crippen LogP contribution is -2.05. The average molecular weight is 677 g/mol. The number of anilines is 4. The fraction of sp³-hybridized carbons (Fsp3) is 0. The summed E-state index contributed by atoms with van der Waals surface area (Å²) in [6, 6.07) is 55.2. The van der Waals surface area contributed by atoms with Crippen molar-refractivity contribution in [2.75, 3.05) is 10.6 Å². The van der Waals surface area contributed by atoms with Crippen molar-refractivity contribution in [3.8, 4) is 33.4 Å². The molecule has 0 aromatic heterocycles. The van der Waals surface area contributed by atoms with E-state index in [1.165, 1.54) is 0 Å². The molecule has 0 aliphatic rings. The van der Waals surface area contributed by atoms with E-state index in [4.69, 9.17) is 0 Å². The molecule has 6 heteroatoms. The molecule has 250 valence electrons. The number of nitrogens with one attached hydrogen (secondary N) is 2. The van der Waals surface area contributed by atoms with E-state index in [0.29, 0.717) is 11.4 Å². The molecule has 0 aliphatic heterocycles. The van der Waals surface area contributed by atoms with Crippen LogP contribution < -0.4 is 10.6 Å². The summed E-state index contributed by atoms with van der Waals surface area (Å²) in [5.41, 5.74) is 9.21. The van der Waals surface area contributed by atoms with Gasteiger partial charge in [-0.1, -0.05) is 115 Å². The Hall–Kier alpha value is -7.18. The largest absolute Gasteiger partial charge is 0.478 e. The zero-order chi connectivity index (χ0) is 35.6. The van der Waals surface area contributed by atoms with Crippen molar-refractivity contribution in [2.24, 2.45) is 0 Å². The zero-order valence-electron chi connectivity index (χ0n) is 27.9. The summed E-state index contributed by atoms with van der Waals surface area (Å²) in [5, 5.41) is 31.1. The molecule has 4 N–H and O–H groups in total. The van der Waals surface area contributed by atoms with Crippen LogP contribution in [0.4, 0.5) is 22.7 Å². The topological polar surface area (TPSA) is 98.7 Å². The van der Waals surface area contributed by atoms with Gasteiger partial charge in [0.2, 0.25) is 0 Å². The number of carboxylic acid groups (broad SMARTS) is 2. The van der Waals surface area contributed by atoms with E-state index in [0.717, 1.165) is 66.3 Å². The van der Waals surface area contributed by atoms with Crippen LogP contribution in [-0.2, 0) is 0 Å². The molecule has 0 radical (unpaired) electrons. The highest BCUT2D eigenvalue weighted by atomic mass is 16.4. The summed E-state index contributed by atoms with van der Waals surface area (Å²) in [4.78, 5) is 23.5. The second-order valence-corrected chi connectivity index (χ2v) is 12.5. The predicted octanol–water partition coefficient (Wildman–Crippen LogP) is 11.9. The molecule has 6 nitrogen and oxygen atoms in total.